The molecule has 1 aromatic rings. The third kappa shape index (κ3) is 4.28. The van der Waals surface area contributed by atoms with E-state index in [2.05, 4.69) is 4.74 Å². The highest BCUT2D eigenvalue weighted by atomic mass is 35.5. The SMILES string of the molecule is Cl.N[C@@H](c1ccccc1OC(F)(F)F)C1CCCC1. The number of halogens is 4. The molecule has 0 heterocycles. The van der Waals surface area contributed by atoms with Crippen molar-refractivity contribution in [3.8, 4) is 5.75 Å². The quantitative estimate of drug-likeness (QED) is 0.907. The largest absolute Gasteiger partial charge is 0.573 e. The molecule has 0 saturated heterocycles. The molecule has 0 amide bonds. The van der Waals surface area contributed by atoms with Crippen LogP contribution in [0.25, 0.3) is 0 Å². The summed E-state index contributed by atoms with van der Waals surface area (Å²) in [6.07, 6.45) is -0.532. The lowest BCUT2D eigenvalue weighted by Gasteiger charge is -2.22. The van der Waals surface area contributed by atoms with Crippen LogP contribution in [0.1, 0.15) is 37.3 Å². The highest BCUT2D eigenvalue weighted by Crippen LogP contribution is 2.38. The van der Waals surface area contributed by atoms with Crippen molar-refractivity contribution in [2.75, 3.05) is 0 Å². The molecule has 0 bridgehead atoms. The van der Waals surface area contributed by atoms with E-state index in [1.54, 1.807) is 12.1 Å². The van der Waals surface area contributed by atoms with E-state index in [9.17, 15) is 13.2 Å². The lowest BCUT2D eigenvalue weighted by Crippen LogP contribution is -2.23. The van der Waals surface area contributed by atoms with E-state index in [1.165, 1.54) is 12.1 Å². The molecule has 1 atom stereocenters. The summed E-state index contributed by atoms with van der Waals surface area (Å²) in [5, 5.41) is 0. The van der Waals surface area contributed by atoms with E-state index in [0.717, 1.165) is 25.7 Å². The molecule has 0 spiro atoms. The topological polar surface area (TPSA) is 35.2 Å². The number of benzene rings is 1. The zero-order chi connectivity index (χ0) is 13.2. The Labute approximate surface area is 116 Å². The monoisotopic (exact) mass is 295 g/mol. The van der Waals surface area contributed by atoms with Gasteiger partial charge in [-0.05, 0) is 24.8 Å². The summed E-state index contributed by atoms with van der Waals surface area (Å²) in [6, 6.07) is 5.76. The summed E-state index contributed by atoms with van der Waals surface area (Å²) in [6.45, 7) is 0. The molecule has 0 aromatic heterocycles. The van der Waals surface area contributed by atoms with Crippen LogP contribution >= 0.6 is 12.4 Å². The minimum absolute atomic E-state index is 0. The van der Waals surface area contributed by atoms with Gasteiger partial charge in [0.25, 0.3) is 0 Å². The van der Waals surface area contributed by atoms with E-state index in [1.807, 2.05) is 0 Å². The molecule has 1 aliphatic rings. The number of nitrogens with two attached hydrogens (primary N) is 1. The maximum absolute atomic E-state index is 12.3. The molecule has 108 valence electrons. The fourth-order valence-corrected chi connectivity index (χ4v) is 2.54. The average molecular weight is 296 g/mol. The highest BCUT2D eigenvalue weighted by Gasteiger charge is 2.33. The van der Waals surface area contributed by atoms with Crippen LogP contribution in [-0.2, 0) is 0 Å². The second-order valence-corrected chi connectivity index (χ2v) is 4.66. The zero-order valence-electron chi connectivity index (χ0n) is 10.3. The minimum atomic E-state index is -4.68. The van der Waals surface area contributed by atoms with E-state index in [0.29, 0.717) is 5.56 Å². The van der Waals surface area contributed by atoms with E-state index in [-0.39, 0.29) is 30.1 Å². The molecule has 2 nitrogen and oxygen atoms in total. The first kappa shape index (κ1) is 16.1. The molecule has 6 heteroatoms. The molecule has 2 N–H and O–H groups in total. The van der Waals surface area contributed by atoms with Gasteiger partial charge in [0.1, 0.15) is 5.75 Å². The average Bonchev–Trinajstić information content (AvgIpc) is 2.80. The molecule has 2 rings (SSSR count). The van der Waals surface area contributed by atoms with E-state index >= 15 is 0 Å². The van der Waals surface area contributed by atoms with Crippen LogP contribution < -0.4 is 10.5 Å². The van der Waals surface area contributed by atoms with Gasteiger partial charge in [-0.25, -0.2) is 0 Å². The molecule has 1 fully saturated rings. The van der Waals surface area contributed by atoms with Crippen LogP contribution in [0.4, 0.5) is 13.2 Å². The fraction of sp³-hybridized carbons (Fsp3) is 0.538. The van der Waals surface area contributed by atoms with Gasteiger partial charge in [-0.1, -0.05) is 31.0 Å². The van der Waals surface area contributed by atoms with Crippen molar-refractivity contribution in [3.63, 3.8) is 0 Å². The van der Waals surface area contributed by atoms with Crippen molar-refractivity contribution in [3.05, 3.63) is 29.8 Å². The van der Waals surface area contributed by atoms with Crippen LogP contribution in [-0.4, -0.2) is 6.36 Å². The van der Waals surface area contributed by atoms with Crippen LogP contribution in [0.5, 0.6) is 5.75 Å². The summed E-state index contributed by atoms with van der Waals surface area (Å²) >= 11 is 0. The maximum Gasteiger partial charge on any atom is 0.573 e. The molecule has 1 aromatic carbocycles. The number of hydrogen-bond acceptors (Lipinski definition) is 2. The van der Waals surface area contributed by atoms with E-state index in [4.69, 9.17) is 5.73 Å². The second-order valence-electron chi connectivity index (χ2n) is 4.66. The van der Waals surface area contributed by atoms with Crippen molar-refractivity contribution in [1.29, 1.82) is 0 Å². The van der Waals surface area contributed by atoms with Gasteiger partial charge in [0.15, 0.2) is 0 Å². The van der Waals surface area contributed by atoms with Gasteiger partial charge in [0.05, 0.1) is 0 Å². The Morgan fingerprint density at radius 2 is 1.74 bits per heavy atom. The molecule has 1 saturated carbocycles. The van der Waals surface area contributed by atoms with Crippen molar-refractivity contribution in [2.45, 2.75) is 38.1 Å². The Morgan fingerprint density at radius 1 is 1.16 bits per heavy atom. The maximum atomic E-state index is 12.3. The van der Waals surface area contributed by atoms with Gasteiger partial charge >= 0.3 is 6.36 Å². The van der Waals surface area contributed by atoms with E-state index < -0.39 is 6.36 Å². The van der Waals surface area contributed by atoms with Crippen LogP contribution in [0.2, 0.25) is 0 Å². The van der Waals surface area contributed by atoms with Gasteiger partial charge in [-0.2, -0.15) is 0 Å². The van der Waals surface area contributed by atoms with Crippen molar-refractivity contribution in [1.82, 2.24) is 0 Å². The smallest absolute Gasteiger partial charge is 0.405 e. The van der Waals surface area contributed by atoms with Crippen molar-refractivity contribution < 1.29 is 17.9 Å². The normalized spacial score (nSPS) is 17.9. The summed E-state index contributed by atoms with van der Waals surface area (Å²) < 4.78 is 40.9. The second kappa shape index (κ2) is 6.48. The molecule has 0 aliphatic heterocycles. The number of hydrogen-bond donors (Lipinski definition) is 1. The molecule has 0 radical (unpaired) electrons. The predicted molar refractivity (Wildman–Crippen MR) is 69.3 cm³/mol. The van der Waals surface area contributed by atoms with Gasteiger partial charge in [-0.15, -0.1) is 25.6 Å². The standard InChI is InChI=1S/C13H16F3NO.ClH/c14-13(15,16)18-11-8-4-3-7-10(11)12(17)9-5-1-2-6-9;/h3-4,7-9,12H,1-2,5-6,17H2;1H/t12-;/m1./s1. The molecular formula is C13H17ClF3NO. The summed E-state index contributed by atoms with van der Waals surface area (Å²) in [5.41, 5.74) is 6.52. The lowest BCUT2D eigenvalue weighted by molar-refractivity contribution is -0.275. The Hall–Kier alpha value is -0.940. The first-order valence-electron chi connectivity index (χ1n) is 6.07. The van der Waals surface area contributed by atoms with Gasteiger partial charge in [-0.3, -0.25) is 0 Å². The summed E-state index contributed by atoms with van der Waals surface area (Å²) in [5.74, 6) is 0.0763. The van der Waals surface area contributed by atoms with Crippen molar-refractivity contribution in [2.24, 2.45) is 11.7 Å². The number of rotatable bonds is 3. The minimum Gasteiger partial charge on any atom is -0.405 e. The molecule has 1 aliphatic carbocycles. The number of ether oxygens (including phenoxy) is 1. The van der Waals surface area contributed by atoms with Crippen LogP contribution in [0, 0.1) is 5.92 Å². The van der Waals surface area contributed by atoms with Gasteiger partial charge < -0.3 is 10.5 Å². The third-order valence-corrected chi connectivity index (χ3v) is 3.41. The fourth-order valence-electron chi connectivity index (χ4n) is 2.54. The Balaban J connectivity index is 0.00000180. The summed E-state index contributed by atoms with van der Waals surface area (Å²) in [7, 11) is 0. The van der Waals surface area contributed by atoms with Crippen molar-refractivity contribution >= 4 is 12.4 Å². The van der Waals surface area contributed by atoms with Gasteiger partial charge in [0.2, 0.25) is 0 Å². The Morgan fingerprint density at radius 3 is 2.32 bits per heavy atom. The zero-order valence-corrected chi connectivity index (χ0v) is 11.1. The number of para-hydroxylation sites is 1. The Kier molecular flexibility index (Phi) is 5.50. The predicted octanol–water partition coefficient (Wildman–Crippen LogP) is 4.20. The Bertz CT molecular complexity index is 405. The van der Waals surface area contributed by atoms with Gasteiger partial charge in [0, 0.05) is 11.6 Å². The third-order valence-electron chi connectivity index (χ3n) is 3.41. The highest BCUT2D eigenvalue weighted by molar-refractivity contribution is 5.85. The van der Waals surface area contributed by atoms with Crippen LogP contribution in [0.15, 0.2) is 24.3 Å². The molecular weight excluding hydrogens is 279 g/mol. The lowest BCUT2D eigenvalue weighted by atomic mass is 9.92. The number of alkyl halides is 3. The molecule has 19 heavy (non-hydrogen) atoms. The molecule has 0 unspecified atom stereocenters. The summed E-state index contributed by atoms with van der Waals surface area (Å²) in [4.78, 5) is 0. The first-order chi connectivity index (χ1) is 8.47. The first-order valence-corrected chi connectivity index (χ1v) is 6.07. The van der Waals surface area contributed by atoms with Crippen LogP contribution in [0.3, 0.4) is 0 Å².